The molecule has 2 aliphatic rings. The summed E-state index contributed by atoms with van der Waals surface area (Å²) in [6.07, 6.45) is 0. The number of phenolic OH excluding ortho intramolecular Hbond substituents is 2. The van der Waals surface area contributed by atoms with Crippen molar-refractivity contribution in [2.75, 3.05) is 21.3 Å². The zero-order valence-electron chi connectivity index (χ0n) is 22.1. The number of amides is 2. The van der Waals surface area contributed by atoms with Crippen molar-refractivity contribution in [1.82, 2.24) is 0 Å². The van der Waals surface area contributed by atoms with E-state index in [9.17, 15) is 19.8 Å². The molecule has 6 nitrogen and oxygen atoms in total. The van der Waals surface area contributed by atoms with E-state index in [4.69, 9.17) is 0 Å². The summed E-state index contributed by atoms with van der Waals surface area (Å²) in [5, 5.41) is 19.1. The normalized spacial score (nSPS) is 19.1. The third-order valence-corrected chi connectivity index (χ3v) is 9.76. The number of hydrogen-bond acceptors (Lipinski definition) is 6. The lowest BCUT2D eigenvalue weighted by Crippen LogP contribution is -2.28. The van der Waals surface area contributed by atoms with Gasteiger partial charge in [-0.2, -0.15) is 0 Å². The Kier molecular flexibility index (Phi) is 6.98. The smallest absolute Gasteiger partial charge is 0.238 e. The second-order valence-corrected chi connectivity index (χ2v) is 12.2. The molecule has 8 heteroatoms. The topological polar surface area (TPSA) is 81.1 Å². The van der Waals surface area contributed by atoms with Crippen LogP contribution in [0.3, 0.4) is 0 Å². The van der Waals surface area contributed by atoms with E-state index >= 15 is 0 Å². The molecule has 0 bridgehead atoms. The molecule has 0 aliphatic carbocycles. The number of thioether (sulfide) groups is 2. The standard InChI is InChI=1S/C32H28N2O4S2/c1-19-15-23(7-13-27(19)33-29(37)17-39-31(33)21-3-9-25(35)10-4-21)24-8-14-28(20(2)16-24)34-30(38)18-40-32(34)22-5-11-26(36)12-6-22/h3-16,31-32,35-36H,17-18H2,1-2H3. The highest BCUT2D eigenvalue weighted by atomic mass is 32.2. The molecule has 6 rings (SSSR count). The summed E-state index contributed by atoms with van der Waals surface area (Å²) >= 11 is 3.17. The molecule has 4 aromatic carbocycles. The Labute approximate surface area is 241 Å². The molecule has 2 N–H and O–H groups in total. The van der Waals surface area contributed by atoms with Gasteiger partial charge in [-0.15, -0.1) is 23.5 Å². The number of aryl methyl sites for hydroxylation is 2. The van der Waals surface area contributed by atoms with Crippen LogP contribution in [0.1, 0.15) is 33.0 Å². The molecule has 4 aromatic rings. The number of nitrogens with zero attached hydrogens (tertiary/aromatic N) is 2. The number of benzene rings is 4. The molecule has 40 heavy (non-hydrogen) atoms. The molecule has 2 saturated heterocycles. The second kappa shape index (κ2) is 10.6. The average Bonchev–Trinajstić information content (AvgIpc) is 3.52. The molecule has 0 saturated carbocycles. The number of phenols is 2. The van der Waals surface area contributed by atoms with Gasteiger partial charge in [0.05, 0.1) is 11.5 Å². The van der Waals surface area contributed by atoms with E-state index in [1.165, 1.54) is 0 Å². The predicted octanol–water partition coefficient (Wildman–Crippen LogP) is 6.94. The van der Waals surface area contributed by atoms with Gasteiger partial charge in [0.15, 0.2) is 0 Å². The summed E-state index contributed by atoms with van der Waals surface area (Å²) in [5.41, 5.74) is 7.77. The number of hydrogen-bond donors (Lipinski definition) is 2. The molecule has 2 unspecified atom stereocenters. The Bertz CT molecular complexity index is 1480. The van der Waals surface area contributed by atoms with Crippen LogP contribution in [0.4, 0.5) is 11.4 Å². The summed E-state index contributed by atoms with van der Waals surface area (Å²) in [4.78, 5) is 29.5. The van der Waals surface area contributed by atoms with E-state index in [2.05, 4.69) is 12.1 Å². The lowest BCUT2D eigenvalue weighted by molar-refractivity contribution is -0.116. The van der Waals surface area contributed by atoms with Gasteiger partial charge < -0.3 is 10.2 Å². The fraction of sp³-hybridized carbons (Fsp3) is 0.188. The van der Waals surface area contributed by atoms with Gasteiger partial charge in [0.1, 0.15) is 22.2 Å². The minimum Gasteiger partial charge on any atom is -0.508 e. The third-order valence-electron chi connectivity index (χ3n) is 7.34. The van der Waals surface area contributed by atoms with Crippen LogP contribution >= 0.6 is 23.5 Å². The third kappa shape index (κ3) is 4.82. The zero-order chi connectivity index (χ0) is 28.0. The Morgan fingerprint density at radius 2 is 0.975 bits per heavy atom. The van der Waals surface area contributed by atoms with Crippen LogP contribution in [0, 0.1) is 13.8 Å². The molecular weight excluding hydrogens is 540 g/mol. The van der Waals surface area contributed by atoms with Crippen molar-refractivity contribution in [3.8, 4) is 22.6 Å². The minimum atomic E-state index is -0.142. The van der Waals surface area contributed by atoms with Gasteiger partial charge >= 0.3 is 0 Å². The van der Waals surface area contributed by atoms with E-state index in [1.807, 2.05) is 72.2 Å². The van der Waals surface area contributed by atoms with E-state index in [0.29, 0.717) is 11.5 Å². The van der Waals surface area contributed by atoms with Crippen LogP contribution in [0.15, 0.2) is 84.9 Å². The Morgan fingerprint density at radius 3 is 1.32 bits per heavy atom. The summed E-state index contributed by atoms with van der Waals surface area (Å²) in [7, 11) is 0. The van der Waals surface area contributed by atoms with Crippen molar-refractivity contribution < 1.29 is 19.8 Å². The van der Waals surface area contributed by atoms with E-state index in [1.54, 1.807) is 47.8 Å². The largest absolute Gasteiger partial charge is 0.508 e. The maximum absolute atomic E-state index is 12.9. The fourth-order valence-corrected chi connectivity index (χ4v) is 7.69. The van der Waals surface area contributed by atoms with E-state index in [0.717, 1.165) is 44.8 Å². The number of carbonyl (C=O) groups is 2. The first kappa shape index (κ1) is 26.3. The summed E-state index contributed by atoms with van der Waals surface area (Å²) in [6.45, 7) is 4.04. The lowest BCUT2D eigenvalue weighted by atomic mass is 9.99. The van der Waals surface area contributed by atoms with Crippen LogP contribution in [0.5, 0.6) is 11.5 Å². The average molecular weight is 569 g/mol. The van der Waals surface area contributed by atoms with Gasteiger partial charge in [-0.05, 0) is 95.8 Å². The van der Waals surface area contributed by atoms with Crippen LogP contribution in [-0.4, -0.2) is 33.5 Å². The van der Waals surface area contributed by atoms with Gasteiger partial charge in [-0.25, -0.2) is 0 Å². The molecule has 2 fully saturated rings. The first-order chi connectivity index (χ1) is 19.3. The van der Waals surface area contributed by atoms with Crippen LogP contribution in [-0.2, 0) is 9.59 Å². The van der Waals surface area contributed by atoms with Crippen molar-refractivity contribution in [2.45, 2.75) is 24.6 Å². The number of aromatic hydroxyl groups is 2. The van der Waals surface area contributed by atoms with Crippen LogP contribution in [0.25, 0.3) is 11.1 Å². The number of rotatable bonds is 5. The quantitative estimate of drug-likeness (QED) is 0.272. The number of anilines is 2. The predicted molar refractivity (Wildman–Crippen MR) is 163 cm³/mol. The van der Waals surface area contributed by atoms with Crippen molar-refractivity contribution in [3.05, 3.63) is 107 Å². The maximum atomic E-state index is 12.9. The van der Waals surface area contributed by atoms with Gasteiger partial charge in [-0.3, -0.25) is 19.4 Å². The molecule has 0 spiro atoms. The molecule has 2 aliphatic heterocycles. The molecular formula is C32H28N2O4S2. The highest BCUT2D eigenvalue weighted by Gasteiger charge is 2.36. The Hall–Kier alpha value is -3.88. The molecule has 0 radical (unpaired) electrons. The Morgan fingerprint density at radius 1 is 0.600 bits per heavy atom. The van der Waals surface area contributed by atoms with Crippen molar-refractivity contribution in [1.29, 1.82) is 0 Å². The van der Waals surface area contributed by atoms with Crippen LogP contribution in [0.2, 0.25) is 0 Å². The fourth-order valence-electron chi connectivity index (χ4n) is 5.35. The molecule has 0 aromatic heterocycles. The van der Waals surface area contributed by atoms with Crippen molar-refractivity contribution in [2.24, 2.45) is 0 Å². The number of carbonyl (C=O) groups excluding carboxylic acids is 2. The molecule has 202 valence electrons. The SMILES string of the molecule is Cc1cc(-c2ccc(N3C(=O)CSC3c3ccc(O)cc3)c(C)c2)ccc1N1C(=O)CSC1c1ccc(O)cc1. The summed E-state index contributed by atoms with van der Waals surface area (Å²) in [5.74, 6) is 1.36. The Balaban J connectivity index is 1.28. The van der Waals surface area contributed by atoms with E-state index < -0.39 is 0 Å². The minimum absolute atomic E-state index is 0.0652. The molecule has 2 atom stereocenters. The van der Waals surface area contributed by atoms with Crippen molar-refractivity contribution in [3.63, 3.8) is 0 Å². The van der Waals surface area contributed by atoms with Crippen LogP contribution < -0.4 is 9.80 Å². The van der Waals surface area contributed by atoms with Gasteiger partial charge in [0.2, 0.25) is 11.8 Å². The monoisotopic (exact) mass is 568 g/mol. The highest BCUT2D eigenvalue weighted by molar-refractivity contribution is 8.01. The first-order valence-electron chi connectivity index (χ1n) is 13.0. The highest BCUT2D eigenvalue weighted by Crippen LogP contribution is 2.45. The van der Waals surface area contributed by atoms with E-state index in [-0.39, 0.29) is 34.1 Å². The second-order valence-electron chi connectivity index (χ2n) is 10.0. The lowest BCUT2D eigenvalue weighted by Gasteiger charge is -2.27. The molecule has 2 amide bonds. The van der Waals surface area contributed by atoms with Gasteiger partial charge in [0.25, 0.3) is 0 Å². The summed E-state index contributed by atoms with van der Waals surface area (Å²) in [6, 6.07) is 26.4. The summed E-state index contributed by atoms with van der Waals surface area (Å²) < 4.78 is 0. The zero-order valence-corrected chi connectivity index (χ0v) is 23.7. The van der Waals surface area contributed by atoms with Crippen molar-refractivity contribution >= 4 is 46.7 Å². The van der Waals surface area contributed by atoms with Gasteiger partial charge in [-0.1, -0.05) is 36.4 Å². The first-order valence-corrected chi connectivity index (χ1v) is 15.1. The molecule has 2 heterocycles. The maximum Gasteiger partial charge on any atom is 0.238 e. The van der Waals surface area contributed by atoms with Gasteiger partial charge in [0, 0.05) is 11.4 Å².